The van der Waals surface area contributed by atoms with Crippen molar-refractivity contribution in [3.8, 4) is 0 Å². The van der Waals surface area contributed by atoms with Gasteiger partial charge in [0.1, 0.15) is 0 Å². The highest BCUT2D eigenvalue weighted by molar-refractivity contribution is 9.10. The van der Waals surface area contributed by atoms with E-state index >= 15 is 0 Å². The number of halogens is 1. The van der Waals surface area contributed by atoms with Crippen LogP contribution >= 0.6 is 15.9 Å². The van der Waals surface area contributed by atoms with Gasteiger partial charge in [-0.2, -0.15) is 0 Å². The molecule has 3 N–H and O–H groups in total. The maximum atomic E-state index is 5.97. The summed E-state index contributed by atoms with van der Waals surface area (Å²) >= 11 is 3.36. The minimum absolute atomic E-state index is 0.0632. The number of nitrogens with zero attached hydrogens (tertiary/aromatic N) is 1. The Bertz CT molecular complexity index is 588. The number of aromatic nitrogens is 1. The minimum atomic E-state index is 0.0632. The van der Waals surface area contributed by atoms with E-state index in [0.717, 1.165) is 10.2 Å². The van der Waals surface area contributed by atoms with Gasteiger partial charge in [-0.15, -0.1) is 0 Å². The Kier molecular flexibility index (Phi) is 3.80. The predicted octanol–water partition coefficient (Wildman–Crippen LogP) is 4.47. The maximum Gasteiger partial charge on any atom is 0.153 e. The number of hydrogen-bond donors (Lipinski definition) is 2. The molecular weight excluding hydrogens is 302 g/mol. The van der Waals surface area contributed by atoms with Crippen LogP contribution in [0.15, 0.2) is 41.0 Å². The van der Waals surface area contributed by atoms with E-state index in [1.54, 1.807) is 6.20 Å². The van der Waals surface area contributed by atoms with E-state index < -0.39 is 0 Å². The molecule has 0 fully saturated rings. The van der Waals surface area contributed by atoms with Gasteiger partial charge in [0.25, 0.3) is 0 Å². The monoisotopic (exact) mass is 319 g/mol. The highest BCUT2D eigenvalue weighted by atomic mass is 79.9. The van der Waals surface area contributed by atoms with E-state index in [-0.39, 0.29) is 5.41 Å². The fourth-order valence-corrected chi connectivity index (χ4v) is 2.28. The van der Waals surface area contributed by atoms with Crippen LogP contribution in [0, 0.1) is 0 Å². The highest BCUT2D eigenvalue weighted by Crippen LogP contribution is 2.32. The summed E-state index contributed by atoms with van der Waals surface area (Å²) in [5, 5.41) is 3.32. The molecule has 1 aromatic heterocycles. The second-order valence-electron chi connectivity index (χ2n) is 5.51. The second-order valence-corrected chi connectivity index (χ2v) is 6.43. The molecule has 3 nitrogen and oxygen atoms in total. The minimum Gasteiger partial charge on any atom is -0.396 e. The lowest BCUT2D eigenvalue weighted by atomic mass is 9.86. The molecule has 1 heterocycles. The molecular formula is C15H18BrN3. The van der Waals surface area contributed by atoms with E-state index in [4.69, 9.17) is 5.73 Å². The fourth-order valence-electron chi connectivity index (χ4n) is 1.93. The Morgan fingerprint density at radius 1 is 1.21 bits per heavy atom. The number of para-hydroxylation sites is 1. The van der Waals surface area contributed by atoms with E-state index in [9.17, 15) is 0 Å². The molecule has 2 aromatic rings. The molecule has 0 unspecified atom stereocenters. The second kappa shape index (κ2) is 5.21. The lowest BCUT2D eigenvalue weighted by molar-refractivity contribution is 0.592. The molecule has 1 aromatic carbocycles. The molecule has 0 aliphatic rings. The third kappa shape index (κ3) is 3.26. The van der Waals surface area contributed by atoms with Crippen molar-refractivity contribution in [1.82, 2.24) is 4.98 Å². The number of benzene rings is 1. The zero-order chi connectivity index (χ0) is 14.0. The molecule has 0 aliphatic heterocycles. The summed E-state index contributed by atoms with van der Waals surface area (Å²) < 4.78 is 0.875. The first kappa shape index (κ1) is 13.9. The number of anilines is 3. The van der Waals surface area contributed by atoms with Crippen LogP contribution in [0.3, 0.4) is 0 Å². The first-order chi connectivity index (χ1) is 8.88. The predicted molar refractivity (Wildman–Crippen MR) is 84.8 cm³/mol. The van der Waals surface area contributed by atoms with Crippen molar-refractivity contribution in [3.63, 3.8) is 0 Å². The quantitative estimate of drug-likeness (QED) is 0.858. The van der Waals surface area contributed by atoms with Crippen LogP contribution < -0.4 is 11.1 Å². The summed E-state index contributed by atoms with van der Waals surface area (Å²) in [6.07, 6.45) is 1.73. The van der Waals surface area contributed by atoms with Gasteiger partial charge in [-0.25, -0.2) is 4.98 Å². The molecule has 0 spiro atoms. The van der Waals surface area contributed by atoms with Crippen molar-refractivity contribution < 1.29 is 0 Å². The summed E-state index contributed by atoms with van der Waals surface area (Å²) in [5.74, 6) is 0.680. The number of nitrogens with two attached hydrogens (primary N) is 1. The van der Waals surface area contributed by atoms with Gasteiger partial charge in [-0.1, -0.05) is 39.0 Å². The van der Waals surface area contributed by atoms with Crippen LogP contribution in [0.4, 0.5) is 17.2 Å². The van der Waals surface area contributed by atoms with Gasteiger partial charge in [0, 0.05) is 16.4 Å². The van der Waals surface area contributed by atoms with Crippen molar-refractivity contribution in [3.05, 3.63) is 46.6 Å². The Labute approximate surface area is 122 Å². The Hall–Kier alpha value is -1.55. The third-order valence-corrected chi connectivity index (χ3v) is 3.31. The summed E-state index contributed by atoms with van der Waals surface area (Å²) in [7, 11) is 0. The summed E-state index contributed by atoms with van der Waals surface area (Å²) in [6.45, 7) is 6.56. The van der Waals surface area contributed by atoms with Crippen molar-refractivity contribution in [2.75, 3.05) is 11.1 Å². The summed E-state index contributed by atoms with van der Waals surface area (Å²) in [4.78, 5) is 4.31. The van der Waals surface area contributed by atoms with Crippen molar-refractivity contribution >= 4 is 33.1 Å². The van der Waals surface area contributed by atoms with Gasteiger partial charge in [0.2, 0.25) is 0 Å². The molecule has 19 heavy (non-hydrogen) atoms. The smallest absolute Gasteiger partial charge is 0.153 e. The van der Waals surface area contributed by atoms with Gasteiger partial charge in [-0.05, 0) is 39.0 Å². The summed E-state index contributed by atoms with van der Waals surface area (Å²) in [6, 6.07) is 10.1. The van der Waals surface area contributed by atoms with Crippen LogP contribution in [0.1, 0.15) is 26.3 Å². The van der Waals surface area contributed by atoms with Crippen LogP contribution in [0.5, 0.6) is 0 Å². The normalized spacial score (nSPS) is 11.4. The first-order valence-electron chi connectivity index (χ1n) is 6.15. The Morgan fingerprint density at radius 3 is 2.53 bits per heavy atom. The zero-order valence-electron chi connectivity index (χ0n) is 11.4. The molecule has 0 saturated heterocycles. The molecule has 0 bridgehead atoms. The Balaban J connectivity index is 2.39. The Morgan fingerprint density at radius 2 is 1.89 bits per heavy atom. The van der Waals surface area contributed by atoms with Crippen molar-refractivity contribution in [1.29, 1.82) is 0 Å². The molecule has 0 amide bonds. The SMILES string of the molecule is CC(C)(C)c1ccccc1Nc1ncc(Br)cc1N. The van der Waals surface area contributed by atoms with Crippen molar-refractivity contribution in [2.45, 2.75) is 26.2 Å². The molecule has 0 atom stereocenters. The molecule has 0 aliphatic carbocycles. The van der Waals surface area contributed by atoms with Crippen LogP contribution in [0.2, 0.25) is 0 Å². The van der Waals surface area contributed by atoms with Gasteiger partial charge in [-0.3, -0.25) is 0 Å². The average molecular weight is 320 g/mol. The van der Waals surface area contributed by atoms with Crippen LogP contribution in [-0.4, -0.2) is 4.98 Å². The van der Waals surface area contributed by atoms with E-state index in [0.29, 0.717) is 11.5 Å². The standard InChI is InChI=1S/C15H18BrN3/c1-15(2,3)11-6-4-5-7-13(11)19-14-12(17)8-10(16)9-18-14/h4-9H,17H2,1-3H3,(H,18,19). The van der Waals surface area contributed by atoms with Crippen LogP contribution in [0.25, 0.3) is 0 Å². The van der Waals surface area contributed by atoms with Crippen molar-refractivity contribution in [2.24, 2.45) is 0 Å². The highest BCUT2D eigenvalue weighted by Gasteiger charge is 2.18. The number of nitrogens with one attached hydrogen (secondary N) is 1. The number of rotatable bonds is 2. The van der Waals surface area contributed by atoms with Gasteiger partial charge >= 0.3 is 0 Å². The fraction of sp³-hybridized carbons (Fsp3) is 0.267. The lowest BCUT2D eigenvalue weighted by Gasteiger charge is -2.23. The molecule has 2 rings (SSSR count). The molecule has 0 saturated carbocycles. The van der Waals surface area contributed by atoms with E-state index in [2.05, 4.69) is 53.1 Å². The molecule has 100 valence electrons. The lowest BCUT2D eigenvalue weighted by Crippen LogP contribution is -2.14. The first-order valence-corrected chi connectivity index (χ1v) is 6.95. The number of pyridine rings is 1. The number of nitrogen functional groups attached to an aromatic ring is 1. The van der Waals surface area contributed by atoms with E-state index in [1.807, 2.05) is 24.3 Å². The molecule has 0 radical (unpaired) electrons. The third-order valence-electron chi connectivity index (χ3n) is 2.87. The van der Waals surface area contributed by atoms with Gasteiger partial charge in [0.15, 0.2) is 5.82 Å². The van der Waals surface area contributed by atoms with Gasteiger partial charge in [0.05, 0.1) is 5.69 Å². The average Bonchev–Trinajstić information content (AvgIpc) is 2.32. The maximum absolute atomic E-state index is 5.97. The van der Waals surface area contributed by atoms with E-state index in [1.165, 1.54) is 5.56 Å². The zero-order valence-corrected chi connectivity index (χ0v) is 13.0. The number of hydrogen-bond acceptors (Lipinski definition) is 3. The topological polar surface area (TPSA) is 50.9 Å². The van der Waals surface area contributed by atoms with Gasteiger partial charge < -0.3 is 11.1 Å². The molecule has 4 heteroatoms. The van der Waals surface area contributed by atoms with Crippen LogP contribution in [-0.2, 0) is 5.41 Å². The summed E-state index contributed by atoms with van der Waals surface area (Å²) in [5.41, 5.74) is 8.93. The largest absolute Gasteiger partial charge is 0.396 e.